The van der Waals surface area contributed by atoms with Crippen LogP contribution in [0, 0.1) is 5.41 Å². The van der Waals surface area contributed by atoms with Crippen molar-refractivity contribution in [1.29, 1.82) is 0 Å². The van der Waals surface area contributed by atoms with Crippen molar-refractivity contribution in [1.82, 2.24) is 14.9 Å². The van der Waals surface area contributed by atoms with Crippen LogP contribution in [0.3, 0.4) is 0 Å². The minimum absolute atomic E-state index is 0.276. The number of carboxylic acids is 1. The number of hydrogen-bond acceptors (Lipinski definition) is 10. The summed E-state index contributed by atoms with van der Waals surface area (Å²) < 4.78 is 96.1. The standard InChI is InChI=1S/C27H28F6N6O5/c28-17(15-10-36-24(34)37-11-15)8-26(7-14(21(41)42)5-6-27(26,43-22(30)31)44-23(32)33)9-18(29)16-12-38-25(35)39(13-16)19-3-1-2-4-20(19)40/h5-13,19-20,22-23,25,40H,1-4,35H2,(H,41,42)(H2,34,36,37)/b17-8-,18-9-/t19-,20-,25?,26?/m0/s1. The smallest absolute Gasteiger partial charge is 0.347 e. The second kappa shape index (κ2) is 13.3. The van der Waals surface area contributed by atoms with Gasteiger partial charge in [0.05, 0.1) is 23.1 Å². The van der Waals surface area contributed by atoms with Crippen molar-refractivity contribution in [2.75, 3.05) is 5.73 Å². The molecule has 1 fully saturated rings. The van der Waals surface area contributed by atoms with Gasteiger partial charge in [-0.2, -0.15) is 17.6 Å². The fraction of sp³-hybridized carbons (Fsp3) is 0.407. The number of hydrogen-bond donors (Lipinski definition) is 4. The molecule has 4 rings (SSSR count). The number of aliphatic hydroxyl groups excluding tert-OH is 1. The van der Waals surface area contributed by atoms with Crippen molar-refractivity contribution in [3.63, 3.8) is 0 Å². The lowest BCUT2D eigenvalue weighted by molar-refractivity contribution is -0.357. The largest absolute Gasteiger partial charge is 0.478 e. The highest BCUT2D eigenvalue weighted by Gasteiger charge is 2.55. The summed E-state index contributed by atoms with van der Waals surface area (Å²) in [7, 11) is 0. The first-order valence-corrected chi connectivity index (χ1v) is 13.1. The minimum atomic E-state index is -3.86. The van der Waals surface area contributed by atoms with Gasteiger partial charge in [-0.1, -0.05) is 18.9 Å². The van der Waals surface area contributed by atoms with Crippen molar-refractivity contribution in [2.24, 2.45) is 16.1 Å². The molecule has 44 heavy (non-hydrogen) atoms. The number of alkyl halides is 4. The maximum Gasteiger partial charge on any atom is 0.347 e. The number of allylic oxidation sites excluding steroid dienone is 2. The van der Waals surface area contributed by atoms with Crippen LogP contribution in [0.15, 0.2) is 70.9 Å². The first-order valence-electron chi connectivity index (χ1n) is 13.1. The van der Waals surface area contributed by atoms with Gasteiger partial charge in [0.15, 0.2) is 6.29 Å². The zero-order chi connectivity index (χ0) is 32.2. The Morgan fingerprint density at radius 2 is 1.66 bits per heavy atom. The number of aliphatic imine (C=N–C) groups is 1. The number of nitrogens with zero attached hydrogens (tertiary/aromatic N) is 4. The molecule has 17 heteroatoms. The predicted molar refractivity (Wildman–Crippen MR) is 144 cm³/mol. The normalized spacial score (nSPS) is 27.5. The number of ether oxygens (including phenoxy) is 2. The summed E-state index contributed by atoms with van der Waals surface area (Å²) >= 11 is 0. The average Bonchev–Trinajstić information content (AvgIpc) is 2.94. The van der Waals surface area contributed by atoms with Crippen molar-refractivity contribution in [3.8, 4) is 0 Å². The lowest BCUT2D eigenvalue weighted by Crippen LogP contribution is -2.52. The highest BCUT2D eigenvalue weighted by atomic mass is 19.3. The third-order valence-electron chi connectivity index (χ3n) is 7.25. The lowest BCUT2D eigenvalue weighted by Gasteiger charge is -2.44. The van der Waals surface area contributed by atoms with Crippen molar-refractivity contribution < 1.29 is 50.8 Å². The molecule has 3 aliphatic rings. The van der Waals surface area contributed by atoms with Gasteiger partial charge >= 0.3 is 19.2 Å². The van der Waals surface area contributed by atoms with E-state index in [0.717, 1.165) is 31.4 Å². The number of nitrogen functional groups attached to an aromatic ring is 1. The fourth-order valence-corrected chi connectivity index (χ4v) is 5.19. The number of nitrogens with two attached hydrogens (primary N) is 2. The van der Waals surface area contributed by atoms with E-state index in [1.807, 2.05) is 0 Å². The van der Waals surface area contributed by atoms with Crippen LogP contribution in [0.4, 0.5) is 32.3 Å². The van der Waals surface area contributed by atoms with E-state index in [4.69, 9.17) is 11.5 Å². The van der Waals surface area contributed by atoms with Crippen molar-refractivity contribution in [3.05, 3.63) is 71.5 Å². The number of halogens is 6. The van der Waals surface area contributed by atoms with Crippen molar-refractivity contribution in [2.45, 2.75) is 63.1 Å². The maximum absolute atomic E-state index is 16.2. The Morgan fingerprint density at radius 3 is 2.25 bits per heavy atom. The van der Waals surface area contributed by atoms with E-state index in [1.54, 1.807) is 0 Å². The van der Waals surface area contributed by atoms with E-state index in [2.05, 4.69) is 24.4 Å². The maximum atomic E-state index is 16.2. The average molecular weight is 631 g/mol. The molecule has 2 heterocycles. The molecule has 0 saturated heterocycles. The molecule has 238 valence electrons. The second-order valence-electron chi connectivity index (χ2n) is 10.1. The summed E-state index contributed by atoms with van der Waals surface area (Å²) in [6.45, 7) is -7.72. The number of aliphatic carboxylic acids is 1. The molecule has 0 radical (unpaired) electrons. The van der Waals surface area contributed by atoms with Gasteiger partial charge in [0.25, 0.3) is 0 Å². The molecule has 0 aromatic carbocycles. The number of rotatable bonds is 10. The Bertz CT molecular complexity index is 1410. The SMILES string of the molecule is Nc1ncc(/C(F)=C/C2(/C=C(\F)C3=CN([C@H]4CCCC[C@@H]4O)C(N)N=C3)C=C(C(=O)O)C=CC2(OC(F)F)OC(F)F)cn1. The summed E-state index contributed by atoms with van der Waals surface area (Å²) in [5, 5.41) is 20.2. The highest BCUT2D eigenvalue weighted by Crippen LogP contribution is 2.50. The van der Waals surface area contributed by atoms with E-state index >= 15 is 8.78 Å². The van der Waals surface area contributed by atoms with E-state index in [9.17, 15) is 32.6 Å². The molecule has 1 saturated carbocycles. The van der Waals surface area contributed by atoms with Crippen LogP contribution in [0.25, 0.3) is 5.83 Å². The number of carboxylic acid groups (broad SMARTS) is 1. The van der Waals surface area contributed by atoms with Crippen LogP contribution in [0.2, 0.25) is 0 Å². The van der Waals surface area contributed by atoms with Crippen LogP contribution in [0.1, 0.15) is 31.2 Å². The highest BCUT2D eigenvalue weighted by molar-refractivity contribution is 5.91. The molecule has 0 amide bonds. The molecule has 2 aliphatic carbocycles. The monoisotopic (exact) mass is 630 g/mol. The summed E-state index contributed by atoms with van der Waals surface area (Å²) in [5.74, 6) is -8.15. The third-order valence-corrected chi connectivity index (χ3v) is 7.25. The molecular weight excluding hydrogens is 602 g/mol. The zero-order valence-electron chi connectivity index (χ0n) is 22.7. The predicted octanol–water partition coefficient (Wildman–Crippen LogP) is 3.78. The van der Waals surface area contributed by atoms with Crippen LogP contribution < -0.4 is 11.5 Å². The van der Waals surface area contributed by atoms with E-state index < -0.39 is 77.2 Å². The topological polar surface area (TPSA) is 169 Å². The first-order chi connectivity index (χ1) is 20.8. The third kappa shape index (κ3) is 7.01. The van der Waals surface area contributed by atoms with Gasteiger partial charge in [0.1, 0.15) is 11.7 Å². The second-order valence-corrected chi connectivity index (χ2v) is 10.1. The van der Waals surface area contributed by atoms with Crippen molar-refractivity contribution >= 4 is 24.0 Å². The first kappa shape index (κ1) is 32.8. The number of aliphatic hydroxyl groups is 1. The quantitative estimate of drug-likeness (QED) is 0.221. The van der Waals surface area contributed by atoms with Gasteiger partial charge in [-0.25, -0.2) is 23.5 Å². The van der Waals surface area contributed by atoms with Gasteiger partial charge in [-0.05, 0) is 37.1 Å². The van der Waals surface area contributed by atoms with Crippen LogP contribution in [0.5, 0.6) is 0 Å². The van der Waals surface area contributed by atoms with Crippen LogP contribution in [-0.4, -0.2) is 74.7 Å². The Kier molecular flexibility index (Phi) is 9.92. The Labute approximate surface area is 246 Å². The molecule has 4 atom stereocenters. The summed E-state index contributed by atoms with van der Waals surface area (Å²) in [6.07, 6.45) is 6.62. The Balaban J connectivity index is 1.96. The van der Waals surface area contributed by atoms with E-state index in [1.165, 1.54) is 11.1 Å². The van der Waals surface area contributed by atoms with E-state index in [0.29, 0.717) is 43.2 Å². The molecule has 11 nitrogen and oxygen atoms in total. The molecule has 0 spiro atoms. The molecule has 6 N–H and O–H groups in total. The van der Waals surface area contributed by atoms with Gasteiger partial charge < -0.3 is 20.8 Å². The zero-order valence-corrected chi connectivity index (χ0v) is 22.7. The fourth-order valence-electron chi connectivity index (χ4n) is 5.19. The Morgan fingerprint density at radius 1 is 1.05 bits per heavy atom. The minimum Gasteiger partial charge on any atom is -0.478 e. The van der Waals surface area contributed by atoms with Gasteiger partial charge in [-0.3, -0.25) is 20.2 Å². The summed E-state index contributed by atoms with van der Waals surface area (Å²) in [6, 6.07) is -0.574. The Hall–Kier alpha value is -4.06. The van der Waals surface area contributed by atoms with Crippen LogP contribution >= 0.6 is 0 Å². The number of carbonyl (C=O) groups is 1. The lowest BCUT2D eigenvalue weighted by atomic mass is 9.72. The number of anilines is 1. The van der Waals surface area contributed by atoms with E-state index in [-0.39, 0.29) is 5.95 Å². The van der Waals surface area contributed by atoms with Gasteiger partial charge in [0, 0.05) is 35.9 Å². The molecule has 1 aliphatic heterocycles. The van der Waals surface area contributed by atoms with Crippen LogP contribution in [-0.2, 0) is 14.3 Å². The molecule has 2 unspecified atom stereocenters. The molecular formula is C27H28F6N6O5. The molecule has 1 aromatic rings. The van der Waals surface area contributed by atoms with Gasteiger partial charge in [-0.15, -0.1) is 0 Å². The molecule has 1 aromatic heterocycles. The van der Waals surface area contributed by atoms with Gasteiger partial charge in [0.2, 0.25) is 11.7 Å². The summed E-state index contributed by atoms with van der Waals surface area (Å²) in [4.78, 5) is 24.5. The summed E-state index contributed by atoms with van der Waals surface area (Å²) in [5.41, 5.74) is 6.90. The molecule has 0 bridgehead atoms. The number of aromatic nitrogens is 2.